The maximum Gasteiger partial charge on any atom is 0.227 e. The number of hydrogen-bond donors (Lipinski definition) is 1. The van der Waals surface area contributed by atoms with Crippen molar-refractivity contribution in [2.75, 3.05) is 7.11 Å². The number of methoxy groups -OCH3 is 1. The molecule has 2 aromatic rings. The monoisotopic (exact) mass is 448 g/mol. The smallest absolute Gasteiger partial charge is 0.227 e. The van der Waals surface area contributed by atoms with Gasteiger partial charge in [-0.1, -0.05) is 82.5 Å². The van der Waals surface area contributed by atoms with Gasteiger partial charge in [0.05, 0.1) is 19.3 Å². The summed E-state index contributed by atoms with van der Waals surface area (Å²) in [5.74, 6) is 1.43. The fourth-order valence-corrected chi connectivity index (χ4v) is 5.47. The Balaban J connectivity index is 1.54. The van der Waals surface area contributed by atoms with E-state index in [0.29, 0.717) is 12.5 Å². The fraction of sp³-hybridized carbons (Fsp3) is 0.552. The van der Waals surface area contributed by atoms with Crippen LogP contribution in [0.15, 0.2) is 48.5 Å². The van der Waals surface area contributed by atoms with E-state index in [1.165, 1.54) is 30.4 Å². The topological polar surface area (TPSA) is 41.6 Å². The van der Waals surface area contributed by atoms with Crippen molar-refractivity contribution in [1.82, 2.24) is 10.2 Å². The minimum Gasteiger partial charge on any atom is -0.496 e. The van der Waals surface area contributed by atoms with Gasteiger partial charge in [-0.15, -0.1) is 0 Å². The molecule has 0 spiro atoms. The van der Waals surface area contributed by atoms with Gasteiger partial charge in [-0.2, -0.15) is 0 Å². The van der Waals surface area contributed by atoms with Crippen molar-refractivity contribution in [2.24, 2.45) is 5.92 Å². The van der Waals surface area contributed by atoms with Gasteiger partial charge in [0.2, 0.25) is 5.91 Å². The number of ether oxygens (including phenoxy) is 1. The van der Waals surface area contributed by atoms with Crippen molar-refractivity contribution in [1.29, 1.82) is 0 Å². The zero-order valence-corrected chi connectivity index (χ0v) is 20.8. The van der Waals surface area contributed by atoms with Gasteiger partial charge in [-0.3, -0.25) is 10.1 Å². The van der Waals surface area contributed by atoms with Crippen LogP contribution in [0.5, 0.6) is 5.75 Å². The number of likely N-dealkylation sites (tertiary alicyclic amines) is 1. The number of nitrogens with one attached hydrogen (secondary N) is 1. The molecule has 1 saturated heterocycles. The van der Waals surface area contributed by atoms with Gasteiger partial charge in [-0.25, -0.2) is 0 Å². The van der Waals surface area contributed by atoms with Crippen LogP contribution in [0.3, 0.4) is 0 Å². The molecule has 2 fully saturated rings. The molecule has 0 aromatic heterocycles. The SMILES string of the molecule is COc1cc(C(C)(C)C)ccc1CNC1CCC(c2ccccc2)N1C(=O)C1CCCCC1. The Labute approximate surface area is 199 Å². The van der Waals surface area contributed by atoms with E-state index in [0.717, 1.165) is 37.0 Å². The number of carbonyl (C=O) groups is 1. The molecular formula is C29H40N2O2. The summed E-state index contributed by atoms with van der Waals surface area (Å²) in [7, 11) is 1.74. The highest BCUT2D eigenvalue weighted by Crippen LogP contribution is 2.39. The highest BCUT2D eigenvalue weighted by atomic mass is 16.5. The Morgan fingerprint density at radius 3 is 2.39 bits per heavy atom. The van der Waals surface area contributed by atoms with Crippen LogP contribution in [-0.4, -0.2) is 24.1 Å². The number of carbonyl (C=O) groups excluding carboxylic acids is 1. The molecular weight excluding hydrogens is 408 g/mol. The summed E-state index contributed by atoms with van der Waals surface area (Å²) in [5, 5.41) is 3.73. The molecule has 0 radical (unpaired) electrons. The molecule has 1 aliphatic heterocycles. The molecule has 1 heterocycles. The van der Waals surface area contributed by atoms with Crippen molar-refractivity contribution in [3.8, 4) is 5.75 Å². The van der Waals surface area contributed by atoms with E-state index < -0.39 is 0 Å². The predicted octanol–water partition coefficient (Wildman–Crippen LogP) is 6.35. The van der Waals surface area contributed by atoms with Crippen LogP contribution < -0.4 is 10.1 Å². The van der Waals surface area contributed by atoms with Gasteiger partial charge in [0.1, 0.15) is 5.75 Å². The van der Waals surface area contributed by atoms with Crippen molar-refractivity contribution >= 4 is 5.91 Å². The van der Waals surface area contributed by atoms with Crippen LogP contribution in [0.1, 0.15) is 88.4 Å². The van der Waals surface area contributed by atoms with Crippen LogP contribution in [0.4, 0.5) is 0 Å². The summed E-state index contributed by atoms with van der Waals surface area (Å²) in [5.41, 5.74) is 3.73. The lowest BCUT2D eigenvalue weighted by Gasteiger charge is -2.35. The molecule has 4 nitrogen and oxygen atoms in total. The average molecular weight is 449 g/mol. The van der Waals surface area contributed by atoms with E-state index in [9.17, 15) is 4.79 Å². The summed E-state index contributed by atoms with van der Waals surface area (Å²) < 4.78 is 5.74. The van der Waals surface area contributed by atoms with Crippen LogP contribution in [0.25, 0.3) is 0 Å². The van der Waals surface area contributed by atoms with Gasteiger partial charge in [0.25, 0.3) is 0 Å². The lowest BCUT2D eigenvalue weighted by atomic mass is 9.86. The van der Waals surface area contributed by atoms with Crippen LogP contribution in [0.2, 0.25) is 0 Å². The van der Waals surface area contributed by atoms with Gasteiger partial charge < -0.3 is 9.64 Å². The number of benzene rings is 2. The van der Waals surface area contributed by atoms with E-state index in [-0.39, 0.29) is 23.5 Å². The third kappa shape index (κ3) is 5.43. The van der Waals surface area contributed by atoms with Gasteiger partial charge in [-0.05, 0) is 48.3 Å². The molecule has 2 aromatic carbocycles. The van der Waals surface area contributed by atoms with E-state index in [1.807, 2.05) is 0 Å². The summed E-state index contributed by atoms with van der Waals surface area (Å²) in [4.78, 5) is 15.9. The van der Waals surface area contributed by atoms with E-state index in [1.54, 1.807) is 7.11 Å². The average Bonchev–Trinajstić information content (AvgIpc) is 3.26. The standard InChI is InChI=1S/C29H40N2O2/c1-29(2,3)24-16-15-23(26(19-24)33-4)20-30-27-18-17-25(21-11-7-5-8-12-21)31(27)28(32)22-13-9-6-10-14-22/h5,7-8,11-12,15-16,19,22,25,27,30H,6,9-10,13-14,17-18,20H2,1-4H3. The lowest BCUT2D eigenvalue weighted by molar-refractivity contribution is -0.140. The largest absolute Gasteiger partial charge is 0.496 e. The predicted molar refractivity (Wildman–Crippen MR) is 134 cm³/mol. The molecule has 2 unspecified atom stereocenters. The highest BCUT2D eigenvalue weighted by Gasteiger charge is 2.40. The lowest BCUT2D eigenvalue weighted by Crippen LogP contribution is -2.48. The van der Waals surface area contributed by atoms with Crippen molar-refractivity contribution in [3.63, 3.8) is 0 Å². The maximum absolute atomic E-state index is 13.7. The Morgan fingerprint density at radius 2 is 1.73 bits per heavy atom. The van der Waals surface area contributed by atoms with Gasteiger partial charge in [0, 0.05) is 18.0 Å². The van der Waals surface area contributed by atoms with E-state index >= 15 is 0 Å². The normalized spacial score (nSPS) is 21.9. The summed E-state index contributed by atoms with van der Waals surface area (Å²) in [6.45, 7) is 7.35. The third-order valence-electron chi connectivity index (χ3n) is 7.46. The number of hydrogen-bond acceptors (Lipinski definition) is 3. The number of rotatable bonds is 6. The molecule has 33 heavy (non-hydrogen) atoms. The second-order valence-corrected chi connectivity index (χ2v) is 10.8. The second kappa shape index (κ2) is 10.3. The minimum absolute atomic E-state index is 0.0524. The molecule has 2 atom stereocenters. The molecule has 4 rings (SSSR count). The maximum atomic E-state index is 13.7. The van der Waals surface area contributed by atoms with Crippen LogP contribution >= 0.6 is 0 Å². The van der Waals surface area contributed by atoms with Crippen molar-refractivity contribution in [2.45, 2.75) is 89.9 Å². The molecule has 2 aliphatic rings. The zero-order chi connectivity index (χ0) is 23.4. The van der Waals surface area contributed by atoms with Crippen LogP contribution in [0, 0.1) is 5.92 Å². The molecule has 1 amide bonds. The Kier molecular flexibility index (Phi) is 7.43. The molecule has 1 saturated carbocycles. The Morgan fingerprint density at radius 1 is 1.00 bits per heavy atom. The number of amides is 1. The first-order chi connectivity index (χ1) is 15.9. The zero-order valence-electron chi connectivity index (χ0n) is 20.8. The molecule has 1 N–H and O–H groups in total. The van der Waals surface area contributed by atoms with Crippen molar-refractivity contribution < 1.29 is 9.53 Å². The minimum atomic E-state index is 0.0524. The third-order valence-corrected chi connectivity index (χ3v) is 7.46. The molecule has 1 aliphatic carbocycles. The fourth-order valence-electron chi connectivity index (χ4n) is 5.47. The Bertz CT molecular complexity index is 928. The van der Waals surface area contributed by atoms with E-state index in [2.05, 4.69) is 79.5 Å². The quantitative estimate of drug-likeness (QED) is 0.560. The Hall–Kier alpha value is -2.33. The number of nitrogens with zero attached hydrogens (tertiary/aromatic N) is 1. The highest BCUT2D eigenvalue weighted by molar-refractivity contribution is 5.80. The first kappa shape index (κ1) is 23.8. The molecule has 4 heteroatoms. The molecule has 178 valence electrons. The first-order valence-electron chi connectivity index (χ1n) is 12.7. The van der Waals surface area contributed by atoms with Gasteiger partial charge in [0.15, 0.2) is 0 Å². The van der Waals surface area contributed by atoms with Crippen LogP contribution in [-0.2, 0) is 16.8 Å². The summed E-state index contributed by atoms with van der Waals surface area (Å²) in [6, 6.07) is 17.2. The van der Waals surface area contributed by atoms with Gasteiger partial charge >= 0.3 is 0 Å². The summed E-state index contributed by atoms with van der Waals surface area (Å²) in [6.07, 6.45) is 7.71. The van der Waals surface area contributed by atoms with E-state index in [4.69, 9.17) is 4.74 Å². The molecule has 0 bridgehead atoms. The first-order valence-corrected chi connectivity index (χ1v) is 12.7. The second-order valence-electron chi connectivity index (χ2n) is 10.8. The summed E-state index contributed by atoms with van der Waals surface area (Å²) >= 11 is 0. The van der Waals surface area contributed by atoms with Crippen molar-refractivity contribution in [3.05, 3.63) is 65.2 Å².